The van der Waals surface area contributed by atoms with Gasteiger partial charge in [-0.15, -0.1) is 0 Å². The van der Waals surface area contributed by atoms with Crippen LogP contribution in [0.25, 0.3) is 0 Å². The first-order chi connectivity index (χ1) is 7.71. The molecular formula is C8H18NaO7S2. The molecule has 0 amide bonds. The van der Waals surface area contributed by atoms with E-state index in [9.17, 15) is 16.8 Å². The molecular weight excluding hydrogens is 295 g/mol. The average Bonchev–Trinajstić information content (AvgIpc) is 2.11. The van der Waals surface area contributed by atoms with E-state index in [-0.39, 0.29) is 41.1 Å². The van der Waals surface area contributed by atoms with E-state index in [4.69, 9.17) is 13.8 Å². The Kier molecular flexibility index (Phi) is 12.4. The van der Waals surface area contributed by atoms with Crippen LogP contribution in [0.15, 0.2) is 0 Å². The van der Waals surface area contributed by atoms with E-state index in [1.807, 2.05) is 0 Å². The van der Waals surface area contributed by atoms with Crippen molar-refractivity contribution in [1.82, 2.24) is 0 Å². The molecule has 0 aliphatic rings. The van der Waals surface area contributed by atoms with Gasteiger partial charge in [-0.2, -0.15) is 16.8 Å². The van der Waals surface area contributed by atoms with Gasteiger partial charge in [0.15, 0.2) is 0 Å². The molecule has 7 nitrogen and oxygen atoms in total. The van der Waals surface area contributed by atoms with Crippen LogP contribution >= 0.6 is 0 Å². The van der Waals surface area contributed by atoms with Gasteiger partial charge in [0.2, 0.25) is 0 Å². The van der Waals surface area contributed by atoms with Gasteiger partial charge in [0, 0.05) is 42.8 Å². The van der Waals surface area contributed by atoms with Crippen molar-refractivity contribution in [3.05, 3.63) is 0 Å². The monoisotopic (exact) mass is 313 g/mol. The predicted octanol–water partition coefficient (Wildman–Crippen LogP) is -0.0418. The molecule has 0 bridgehead atoms. The summed E-state index contributed by atoms with van der Waals surface area (Å²) in [6.45, 7) is 0.725. The Balaban J connectivity index is 0. The summed E-state index contributed by atoms with van der Waals surface area (Å²) < 4.78 is 63.3. The molecule has 0 aliphatic heterocycles. The molecule has 0 fully saturated rings. The molecule has 0 aliphatic carbocycles. The quantitative estimate of drug-likeness (QED) is 0.330. The second-order valence-corrected chi connectivity index (χ2v) is 6.74. The third-order valence-corrected chi connectivity index (χ3v) is 3.49. The van der Waals surface area contributed by atoms with Crippen LogP contribution in [0.2, 0.25) is 0 Å². The van der Waals surface area contributed by atoms with Gasteiger partial charge in [0.05, 0.1) is 11.5 Å². The van der Waals surface area contributed by atoms with Gasteiger partial charge in [-0.1, -0.05) is 0 Å². The first-order valence-corrected chi connectivity index (χ1v) is 8.40. The number of ether oxygens (including phenoxy) is 1. The minimum atomic E-state index is -3.89. The standard InChI is InChI=1S/C8H18O7S2.Na/c9-16(10,11)7-3-1-5-15-6-2-4-8-17(12,13)14;/h1-8H2,(H,9,10,11)(H,12,13,14);. The van der Waals surface area contributed by atoms with Gasteiger partial charge in [-0.25, -0.2) is 0 Å². The summed E-state index contributed by atoms with van der Waals surface area (Å²) in [5, 5.41) is 0. The minimum Gasteiger partial charge on any atom is -0.381 e. The van der Waals surface area contributed by atoms with Crippen LogP contribution in [-0.4, -0.2) is 80.2 Å². The van der Waals surface area contributed by atoms with Crippen molar-refractivity contribution in [2.24, 2.45) is 0 Å². The fourth-order valence-corrected chi connectivity index (χ4v) is 2.22. The zero-order valence-corrected chi connectivity index (χ0v) is 14.0. The molecule has 18 heavy (non-hydrogen) atoms. The van der Waals surface area contributed by atoms with Crippen molar-refractivity contribution in [1.29, 1.82) is 0 Å². The van der Waals surface area contributed by atoms with Crippen molar-refractivity contribution >= 4 is 49.8 Å². The van der Waals surface area contributed by atoms with E-state index in [2.05, 4.69) is 0 Å². The van der Waals surface area contributed by atoms with Gasteiger partial charge in [0.1, 0.15) is 0 Å². The summed E-state index contributed by atoms with van der Waals surface area (Å²) in [5.41, 5.74) is 0. The van der Waals surface area contributed by atoms with Crippen molar-refractivity contribution in [3.63, 3.8) is 0 Å². The maximum Gasteiger partial charge on any atom is 0.264 e. The number of unbranched alkanes of at least 4 members (excludes halogenated alkanes) is 2. The second-order valence-electron chi connectivity index (χ2n) is 3.60. The summed E-state index contributed by atoms with van der Waals surface area (Å²) in [5.74, 6) is -0.557. The largest absolute Gasteiger partial charge is 0.381 e. The predicted molar refractivity (Wildman–Crippen MR) is 67.9 cm³/mol. The van der Waals surface area contributed by atoms with Crippen molar-refractivity contribution in [2.75, 3.05) is 24.7 Å². The van der Waals surface area contributed by atoms with E-state index in [0.29, 0.717) is 38.9 Å². The number of hydrogen-bond acceptors (Lipinski definition) is 5. The molecule has 0 saturated carbocycles. The van der Waals surface area contributed by atoms with E-state index < -0.39 is 20.2 Å². The fraction of sp³-hybridized carbons (Fsp3) is 1.00. The molecule has 0 aromatic carbocycles. The zero-order chi connectivity index (χ0) is 13.4. The van der Waals surface area contributed by atoms with Crippen molar-refractivity contribution < 1.29 is 30.7 Å². The number of rotatable bonds is 10. The molecule has 0 unspecified atom stereocenters. The van der Waals surface area contributed by atoms with Crippen LogP contribution in [0.1, 0.15) is 25.7 Å². The molecule has 0 atom stereocenters. The van der Waals surface area contributed by atoms with Crippen LogP contribution < -0.4 is 0 Å². The van der Waals surface area contributed by atoms with Crippen LogP contribution in [0.3, 0.4) is 0 Å². The molecule has 1 radical (unpaired) electrons. The second kappa shape index (κ2) is 10.6. The fourth-order valence-electron chi connectivity index (χ4n) is 1.08. The Bertz CT molecular complexity index is 352. The van der Waals surface area contributed by atoms with E-state index in [0.717, 1.165) is 0 Å². The maximum absolute atomic E-state index is 10.3. The minimum absolute atomic E-state index is 0. The Morgan fingerprint density at radius 3 is 1.33 bits per heavy atom. The summed E-state index contributed by atoms with van der Waals surface area (Å²) >= 11 is 0. The third-order valence-electron chi connectivity index (χ3n) is 1.88. The Hall–Kier alpha value is 0.780. The molecule has 105 valence electrons. The van der Waals surface area contributed by atoms with Crippen molar-refractivity contribution in [3.8, 4) is 0 Å². The molecule has 0 rings (SSSR count). The Morgan fingerprint density at radius 2 is 1.06 bits per heavy atom. The van der Waals surface area contributed by atoms with Crippen LogP contribution in [-0.2, 0) is 25.0 Å². The van der Waals surface area contributed by atoms with Crippen LogP contribution in [0.4, 0.5) is 0 Å². The van der Waals surface area contributed by atoms with Gasteiger partial charge in [0.25, 0.3) is 20.2 Å². The molecule has 10 heteroatoms. The summed E-state index contributed by atoms with van der Waals surface area (Å²) in [6, 6.07) is 0. The Morgan fingerprint density at radius 1 is 0.722 bits per heavy atom. The maximum atomic E-state index is 10.3. The molecule has 0 saturated heterocycles. The topological polar surface area (TPSA) is 118 Å². The summed E-state index contributed by atoms with van der Waals surface area (Å²) in [6.07, 6.45) is 1.67. The average molecular weight is 313 g/mol. The third kappa shape index (κ3) is 19.1. The first kappa shape index (κ1) is 21.1. The smallest absolute Gasteiger partial charge is 0.264 e. The van der Waals surface area contributed by atoms with Gasteiger partial charge in [-0.3, -0.25) is 9.11 Å². The van der Waals surface area contributed by atoms with E-state index >= 15 is 0 Å². The SMILES string of the molecule is O=S(=O)(O)CCCCOCCCCS(=O)(=O)O.[Na]. The van der Waals surface area contributed by atoms with E-state index in [1.165, 1.54) is 0 Å². The van der Waals surface area contributed by atoms with Gasteiger partial charge < -0.3 is 4.74 Å². The molecule has 2 N–H and O–H groups in total. The van der Waals surface area contributed by atoms with E-state index in [1.54, 1.807) is 0 Å². The molecule has 0 spiro atoms. The van der Waals surface area contributed by atoms with Gasteiger partial charge >= 0.3 is 0 Å². The summed E-state index contributed by atoms with van der Waals surface area (Å²) in [4.78, 5) is 0. The Labute approximate surface area is 130 Å². The normalized spacial score (nSPS) is 12.1. The van der Waals surface area contributed by atoms with Gasteiger partial charge in [-0.05, 0) is 25.7 Å². The number of hydrogen-bond donors (Lipinski definition) is 2. The summed E-state index contributed by atoms with van der Waals surface area (Å²) in [7, 11) is -7.78. The van der Waals surface area contributed by atoms with Crippen molar-refractivity contribution in [2.45, 2.75) is 25.7 Å². The molecule has 0 heterocycles. The first-order valence-electron chi connectivity index (χ1n) is 5.19. The molecule has 0 aromatic heterocycles. The van der Waals surface area contributed by atoms with Crippen LogP contribution in [0.5, 0.6) is 0 Å². The zero-order valence-electron chi connectivity index (χ0n) is 10.4. The van der Waals surface area contributed by atoms with Crippen LogP contribution in [0, 0.1) is 0 Å². The molecule has 0 aromatic rings.